The lowest BCUT2D eigenvalue weighted by Crippen LogP contribution is -2.27. The van der Waals surface area contributed by atoms with Crippen molar-refractivity contribution < 1.29 is 9.59 Å². The molecule has 24 heavy (non-hydrogen) atoms. The third kappa shape index (κ3) is 3.47. The number of amides is 2. The Morgan fingerprint density at radius 2 is 2.17 bits per heavy atom. The molecule has 6 nitrogen and oxygen atoms in total. The van der Waals surface area contributed by atoms with Gasteiger partial charge < -0.3 is 16.0 Å². The van der Waals surface area contributed by atoms with Crippen LogP contribution in [0.4, 0.5) is 5.69 Å². The van der Waals surface area contributed by atoms with Crippen LogP contribution in [0.1, 0.15) is 46.9 Å². The minimum Gasteiger partial charge on any atom is -0.344 e. The third-order valence-electron chi connectivity index (χ3n) is 4.08. The van der Waals surface area contributed by atoms with E-state index >= 15 is 0 Å². The summed E-state index contributed by atoms with van der Waals surface area (Å²) in [6.45, 7) is 3.03. The number of carbonyl (C=O) groups excluding carboxylic acids is 2. The number of benzene rings is 1. The van der Waals surface area contributed by atoms with E-state index in [1.807, 2.05) is 31.2 Å². The van der Waals surface area contributed by atoms with E-state index in [2.05, 4.69) is 10.3 Å². The molecule has 1 aromatic heterocycles. The lowest BCUT2D eigenvalue weighted by molar-refractivity contribution is -0.117. The molecule has 1 saturated heterocycles. The van der Waals surface area contributed by atoms with Gasteiger partial charge in [-0.05, 0) is 31.0 Å². The highest BCUT2D eigenvalue weighted by atomic mass is 32.1. The fourth-order valence-electron chi connectivity index (χ4n) is 2.73. The number of carbonyl (C=O) groups is 2. The summed E-state index contributed by atoms with van der Waals surface area (Å²) in [5, 5.41) is 5.39. The van der Waals surface area contributed by atoms with Gasteiger partial charge in [0.05, 0.1) is 6.04 Å². The fourth-order valence-corrected chi connectivity index (χ4v) is 3.38. The van der Waals surface area contributed by atoms with Crippen LogP contribution >= 0.6 is 11.3 Å². The predicted molar refractivity (Wildman–Crippen MR) is 93.9 cm³/mol. The molecule has 7 heteroatoms. The number of thiazole rings is 1. The summed E-state index contributed by atoms with van der Waals surface area (Å²) in [4.78, 5) is 30.0. The second-order valence-electron chi connectivity index (χ2n) is 5.77. The second kappa shape index (κ2) is 7.11. The number of nitrogens with one attached hydrogen (secondary N) is 1. The van der Waals surface area contributed by atoms with Crippen molar-refractivity contribution in [1.82, 2.24) is 10.3 Å². The number of aromatic nitrogens is 1. The van der Waals surface area contributed by atoms with Crippen molar-refractivity contribution in [3.05, 3.63) is 45.9 Å². The van der Waals surface area contributed by atoms with Gasteiger partial charge in [-0.25, -0.2) is 4.98 Å². The molecule has 3 N–H and O–H groups in total. The Morgan fingerprint density at radius 3 is 2.75 bits per heavy atom. The molecule has 1 aliphatic rings. The van der Waals surface area contributed by atoms with Crippen molar-refractivity contribution >= 4 is 28.8 Å². The molecule has 0 saturated carbocycles. The number of rotatable bonds is 5. The Labute approximate surface area is 144 Å². The highest BCUT2D eigenvalue weighted by molar-refractivity contribution is 7.09. The average Bonchev–Trinajstić information content (AvgIpc) is 3.23. The molecular weight excluding hydrogens is 324 g/mol. The van der Waals surface area contributed by atoms with E-state index < -0.39 is 0 Å². The van der Waals surface area contributed by atoms with Crippen LogP contribution in [0.15, 0.2) is 29.6 Å². The van der Waals surface area contributed by atoms with Crippen LogP contribution in [0, 0.1) is 0 Å². The van der Waals surface area contributed by atoms with Crippen molar-refractivity contribution in [2.75, 3.05) is 11.4 Å². The van der Waals surface area contributed by atoms with E-state index in [0.717, 1.165) is 29.2 Å². The lowest BCUT2D eigenvalue weighted by atomic mass is 10.1. The standard InChI is InChI=1S/C17H20N4O2S/c1-11(19-17(23)14-10-24-15(9-18)20-14)12-4-6-13(7-5-12)21-8-2-3-16(21)22/h4-7,10-11H,2-3,8-9,18H2,1H3,(H,19,23). The smallest absolute Gasteiger partial charge is 0.271 e. The van der Waals surface area contributed by atoms with Crippen LogP contribution in [0.3, 0.4) is 0 Å². The van der Waals surface area contributed by atoms with E-state index in [1.54, 1.807) is 10.3 Å². The predicted octanol–water partition coefficient (Wildman–Crippen LogP) is 2.22. The molecule has 1 aromatic carbocycles. The molecule has 0 spiro atoms. The number of hydrogen-bond acceptors (Lipinski definition) is 5. The number of nitrogens with two attached hydrogens (primary N) is 1. The quantitative estimate of drug-likeness (QED) is 0.870. The number of hydrogen-bond donors (Lipinski definition) is 2. The molecule has 2 amide bonds. The minimum absolute atomic E-state index is 0.149. The van der Waals surface area contributed by atoms with Gasteiger partial charge in [0.1, 0.15) is 10.7 Å². The number of nitrogens with zero attached hydrogens (tertiary/aromatic N) is 2. The van der Waals surface area contributed by atoms with Crippen molar-refractivity contribution in [2.24, 2.45) is 5.73 Å². The molecule has 1 atom stereocenters. The zero-order valence-corrected chi connectivity index (χ0v) is 14.3. The van der Waals surface area contributed by atoms with Gasteiger partial charge in [0, 0.05) is 30.6 Å². The Hall–Kier alpha value is -2.25. The van der Waals surface area contributed by atoms with Gasteiger partial charge in [-0.1, -0.05) is 12.1 Å². The molecular formula is C17H20N4O2S. The first kappa shape index (κ1) is 16.6. The van der Waals surface area contributed by atoms with E-state index in [1.165, 1.54) is 11.3 Å². The van der Waals surface area contributed by atoms with Crippen molar-refractivity contribution in [2.45, 2.75) is 32.4 Å². The second-order valence-corrected chi connectivity index (χ2v) is 6.71. The molecule has 2 aromatic rings. The van der Waals surface area contributed by atoms with Gasteiger partial charge in [0.15, 0.2) is 0 Å². The maximum Gasteiger partial charge on any atom is 0.271 e. The summed E-state index contributed by atoms with van der Waals surface area (Å²) >= 11 is 1.38. The maximum atomic E-state index is 12.2. The van der Waals surface area contributed by atoms with Crippen LogP contribution in [-0.4, -0.2) is 23.3 Å². The van der Waals surface area contributed by atoms with Gasteiger partial charge in [-0.3, -0.25) is 9.59 Å². The monoisotopic (exact) mass is 344 g/mol. The fraction of sp³-hybridized carbons (Fsp3) is 0.353. The average molecular weight is 344 g/mol. The molecule has 126 valence electrons. The minimum atomic E-state index is -0.211. The zero-order chi connectivity index (χ0) is 17.1. The molecule has 0 bridgehead atoms. The van der Waals surface area contributed by atoms with Gasteiger partial charge >= 0.3 is 0 Å². The Bertz CT molecular complexity index is 741. The molecule has 3 rings (SSSR count). The van der Waals surface area contributed by atoms with E-state index in [4.69, 9.17) is 5.73 Å². The Balaban J connectivity index is 1.65. The van der Waals surface area contributed by atoms with Crippen LogP contribution in [0.5, 0.6) is 0 Å². The van der Waals surface area contributed by atoms with E-state index in [-0.39, 0.29) is 17.9 Å². The van der Waals surface area contributed by atoms with Crippen LogP contribution in [0.25, 0.3) is 0 Å². The van der Waals surface area contributed by atoms with Crippen LogP contribution in [0.2, 0.25) is 0 Å². The first-order valence-electron chi connectivity index (χ1n) is 7.94. The van der Waals surface area contributed by atoms with Crippen LogP contribution < -0.4 is 16.0 Å². The molecule has 0 aliphatic carbocycles. The largest absolute Gasteiger partial charge is 0.344 e. The number of anilines is 1. The summed E-state index contributed by atoms with van der Waals surface area (Å²) in [6.07, 6.45) is 1.53. The molecule has 2 heterocycles. The van der Waals surface area contributed by atoms with E-state index in [9.17, 15) is 9.59 Å². The van der Waals surface area contributed by atoms with Gasteiger partial charge in [0.2, 0.25) is 5.91 Å². The molecule has 1 unspecified atom stereocenters. The highest BCUT2D eigenvalue weighted by Crippen LogP contribution is 2.23. The summed E-state index contributed by atoms with van der Waals surface area (Å²) in [5.74, 6) is -0.0411. The van der Waals surface area contributed by atoms with Gasteiger partial charge in [0.25, 0.3) is 5.91 Å². The zero-order valence-electron chi connectivity index (χ0n) is 13.5. The normalized spacial score (nSPS) is 15.6. The highest BCUT2D eigenvalue weighted by Gasteiger charge is 2.22. The Morgan fingerprint density at radius 1 is 1.42 bits per heavy atom. The maximum absolute atomic E-state index is 12.2. The van der Waals surface area contributed by atoms with Crippen LogP contribution in [-0.2, 0) is 11.3 Å². The first-order chi connectivity index (χ1) is 11.6. The van der Waals surface area contributed by atoms with Gasteiger partial charge in [-0.2, -0.15) is 0 Å². The summed E-state index contributed by atoms with van der Waals surface area (Å²) in [5.41, 5.74) is 7.80. The van der Waals surface area contributed by atoms with E-state index in [0.29, 0.717) is 18.7 Å². The summed E-state index contributed by atoms with van der Waals surface area (Å²) < 4.78 is 0. The SMILES string of the molecule is CC(NC(=O)c1csc(CN)n1)c1ccc(N2CCCC2=O)cc1. The molecule has 1 fully saturated rings. The van der Waals surface area contributed by atoms with Crippen molar-refractivity contribution in [3.8, 4) is 0 Å². The summed E-state index contributed by atoms with van der Waals surface area (Å²) in [7, 11) is 0. The Kier molecular flexibility index (Phi) is 4.92. The first-order valence-corrected chi connectivity index (χ1v) is 8.82. The van der Waals surface area contributed by atoms with Crippen molar-refractivity contribution in [3.63, 3.8) is 0 Å². The summed E-state index contributed by atoms with van der Waals surface area (Å²) in [6, 6.07) is 7.59. The lowest BCUT2D eigenvalue weighted by Gasteiger charge is -2.18. The van der Waals surface area contributed by atoms with Crippen molar-refractivity contribution in [1.29, 1.82) is 0 Å². The molecule has 0 radical (unpaired) electrons. The topological polar surface area (TPSA) is 88.3 Å². The third-order valence-corrected chi connectivity index (χ3v) is 4.96. The molecule has 1 aliphatic heterocycles. The van der Waals surface area contributed by atoms with Gasteiger partial charge in [-0.15, -0.1) is 11.3 Å².